The smallest absolute Gasteiger partial charge is 0.280 e. The van der Waals surface area contributed by atoms with Gasteiger partial charge in [-0.15, -0.1) is 11.3 Å². The van der Waals surface area contributed by atoms with Crippen LogP contribution in [0.4, 0.5) is 0 Å². The number of thiazole rings is 1. The molecule has 1 N–H and O–H groups in total. The fraction of sp³-hybridized carbons (Fsp3) is 0.273. The average Bonchev–Trinajstić information content (AvgIpc) is 3.33. The number of fused-ring (bicyclic) bond motifs is 1. The number of hydrogen-bond donors (Lipinski definition) is 1. The molecule has 4 rings (SSSR count). The van der Waals surface area contributed by atoms with Crippen molar-refractivity contribution in [1.29, 1.82) is 0 Å². The molecule has 0 aliphatic carbocycles. The van der Waals surface area contributed by atoms with Crippen LogP contribution in [0.15, 0.2) is 53.4 Å². The largest absolute Gasteiger partial charge is 0.346 e. The average molecular weight is 476 g/mol. The third-order valence-electron chi connectivity index (χ3n) is 5.15. The Bertz CT molecular complexity index is 1170. The second kappa shape index (κ2) is 9.08. The van der Waals surface area contributed by atoms with Gasteiger partial charge in [-0.05, 0) is 35.4 Å². The van der Waals surface area contributed by atoms with Gasteiger partial charge in [0.25, 0.3) is 5.91 Å². The van der Waals surface area contributed by atoms with E-state index in [0.29, 0.717) is 16.4 Å². The van der Waals surface area contributed by atoms with E-state index in [9.17, 15) is 13.2 Å². The van der Waals surface area contributed by atoms with E-state index in [4.69, 9.17) is 11.6 Å². The normalized spacial score (nSPS) is 13.9. The number of sulfone groups is 1. The minimum atomic E-state index is -3.22. The molecule has 2 heterocycles. The van der Waals surface area contributed by atoms with E-state index in [-0.39, 0.29) is 11.7 Å². The van der Waals surface area contributed by atoms with Gasteiger partial charge in [0.15, 0.2) is 14.8 Å². The van der Waals surface area contributed by atoms with Crippen molar-refractivity contribution in [3.8, 4) is 0 Å². The van der Waals surface area contributed by atoms with Gasteiger partial charge in [0.1, 0.15) is 0 Å². The highest BCUT2D eigenvalue weighted by Crippen LogP contribution is 2.29. The number of rotatable bonds is 7. The van der Waals surface area contributed by atoms with E-state index < -0.39 is 9.84 Å². The Hall–Kier alpha value is -2.26. The lowest BCUT2D eigenvalue weighted by Crippen LogP contribution is -2.23. The molecule has 0 saturated carbocycles. The van der Waals surface area contributed by atoms with Crippen molar-refractivity contribution in [3.63, 3.8) is 0 Å². The summed E-state index contributed by atoms with van der Waals surface area (Å²) in [4.78, 5) is 20.7. The highest BCUT2D eigenvalue weighted by molar-refractivity contribution is 7.91. The van der Waals surface area contributed by atoms with E-state index in [1.807, 2.05) is 24.3 Å². The fourth-order valence-electron chi connectivity index (χ4n) is 3.40. The second-order valence-electron chi connectivity index (χ2n) is 7.39. The highest BCUT2D eigenvalue weighted by atomic mass is 35.5. The number of carbonyl (C=O) groups is 1. The first kappa shape index (κ1) is 22.0. The van der Waals surface area contributed by atoms with Crippen molar-refractivity contribution < 1.29 is 13.2 Å². The molecule has 1 amide bonds. The topological polar surface area (TPSA) is 79.4 Å². The fourth-order valence-corrected chi connectivity index (χ4v) is 5.44. The van der Waals surface area contributed by atoms with Crippen LogP contribution in [0, 0.1) is 0 Å². The zero-order valence-electron chi connectivity index (χ0n) is 17.0. The van der Waals surface area contributed by atoms with Crippen molar-refractivity contribution in [2.45, 2.75) is 38.0 Å². The van der Waals surface area contributed by atoms with Crippen molar-refractivity contribution in [1.82, 2.24) is 15.2 Å². The van der Waals surface area contributed by atoms with Crippen molar-refractivity contribution in [3.05, 3.63) is 80.3 Å². The molecule has 1 aliphatic rings. The van der Waals surface area contributed by atoms with E-state index in [1.54, 1.807) is 31.2 Å². The highest BCUT2D eigenvalue weighted by Gasteiger charge is 2.25. The standard InChI is InChI=1S/C22H22ClN3O3S2/c1-2-31(28,29)18-9-5-15(6-10-18)11-24-21(27)22-25-19-13-26(14-20(19)30-22)12-16-3-7-17(23)8-4-16/h3-10H,2,11-14H2,1H3,(H,24,27). The minimum absolute atomic E-state index is 0.0644. The van der Waals surface area contributed by atoms with E-state index in [1.165, 1.54) is 16.9 Å². The maximum Gasteiger partial charge on any atom is 0.280 e. The SMILES string of the molecule is CCS(=O)(=O)c1ccc(CNC(=O)c2nc3c(s2)CN(Cc2ccc(Cl)cc2)C3)cc1. The summed E-state index contributed by atoms with van der Waals surface area (Å²) in [5, 5.41) is 4.05. The number of carbonyl (C=O) groups excluding carboxylic acids is 1. The first-order valence-electron chi connectivity index (χ1n) is 9.89. The van der Waals surface area contributed by atoms with Crippen LogP contribution in [0.1, 0.15) is 38.4 Å². The Balaban J connectivity index is 1.32. The molecule has 0 bridgehead atoms. The van der Waals surface area contributed by atoms with Crippen LogP contribution in [-0.2, 0) is 36.0 Å². The summed E-state index contributed by atoms with van der Waals surface area (Å²) >= 11 is 7.37. The summed E-state index contributed by atoms with van der Waals surface area (Å²) < 4.78 is 23.8. The van der Waals surface area contributed by atoms with Crippen LogP contribution in [0.5, 0.6) is 0 Å². The van der Waals surface area contributed by atoms with E-state index >= 15 is 0 Å². The van der Waals surface area contributed by atoms with E-state index in [2.05, 4.69) is 15.2 Å². The predicted molar refractivity (Wildman–Crippen MR) is 122 cm³/mol. The predicted octanol–water partition coefficient (Wildman–Crippen LogP) is 4.04. The molecular weight excluding hydrogens is 454 g/mol. The zero-order valence-corrected chi connectivity index (χ0v) is 19.4. The van der Waals surface area contributed by atoms with Crippen LogP contribution in [-0.4, -0.2) is 30.0 Å². The molecule has 3 aromatic rings. The summed E-state index contributed by atoms with van der Waals surface area (Å²) in [6.45, 7) is 4.24. The molecule has 6 nitrogen and oxygen atoms in total. The Morgan fingerprint density at radius 2 is 1.77 bits per heavy atom. The molecule has 0 atom stereocenters. The van der Waals surface area contributed by atoms with Crippen molar-refractivity contribution in [2.75, 3.05) is 5.75 Å². The summed E-state index contributed by atoms with van der Waals surface area (Å²) in [7, 11) is -3.22. The molecule has 0 saturated heterocycles. The number of nitrogens with zero attached hydrogens (tertiary/aromatic N) is 2. The number of hydrogen-bond acceptors (Lipinski definition) is 6. The molecule has 0 spiro atoms. The van der Waals surface area contributed by atoms with Crippen LogP contribution in [0.2, 0.25) is 5.02 Å². The molecule has 31 heavy (non-hydrogen) atoms. The summed E-state index contributed by atoms with van der Waals surface area (Å²) in [5.41, 5.74) is 2.98. The molecule has 0 radical (unpaired) electrons. The third kappa shape index (κ3) is 5.15. The van der Waals surface area contributed by atoms with Crippen molar-refractivity contribution in [2.24, 2.45) is 0 Å². The number of nitrogens with one attached hydrogen (secondary N) is 1. The molecule has 9 heteroatoms. The van der Waals surface area contributed by atoms with Gasteiger partial charge in [-0.3, -0.25) is 9.69 Å². The Kier molecular flexibility index (Phi) is 6.43. The van der Waals surface area contributed by atoms with Gasteiger partial charge in [0.2, 0.25) is 0 Å². The first-order valence-corrected chi connectivity index (χ1v) is 12.7. The van der Waals surface area contributed by atoms with Gasteiger partial charge in [-0.1, -0.05) is 42.8 Å². The molecule has 1 aliphatic heterocycles. The van der Waals surface area contributed by atoms with Crippen LogP contribution < -0.4 is 5.32 Å². The lowest BCUT2D eigenvalue weighted by molar-refractivity contribution is 0.0950. The molecule has 2 aromatic carbocycles. The van der Waals surface area contributed by atoms with Gasteiger partial charge in [0.05, 0.1) is 16.3 Å². The molecular formula is C22H22ClN3O3S2. The number of halogens is 1. The van der Waals surface area contributed by atoms with Gasteiger partial charge < -0.3 is 5.32 Å². The quantitative estimate of drug-likeness (QED) is 0.558. The number of amides is 1. The van der Waals surface area contributed by atoms with Crippen molar-refractivity contribution >= 4 is 38.7 Å². The van der Waals surface area contributed by atoms with Crippen LogP contribution in [0.3, 0.4) is 0 Å². The number of benzene rings is 2. The summed E-state index contributed by atoms with van der Waals surface area (Å²) in [6, 6.07) is 14.4. The van der Waals surface area contributed by atoms with Gasteiger partial charge >= 0.3 is 0 Å². The monoisotopic (exact) mass is 475 g/mol. The molecule has 0 unspecified atom stereocenters. The Morgan fingerprint density at radius 3 is 2.42 bits per heavy atom. The van der Waals surface area contributed by atoms with Gasteiger partial charge in [0, 0.05) is 36.1 Å². The maximum atomic E-state index is 12.5. The molecule has 0 fully saturated rings. The second-order valence-corrected chi connectivity index (χ2v) is 11.2. The number of aromatic nitrogens is 1. The third-order valence-corrected chi connectivity index (χ3v) is 8.23. The Labute approximate surface area is 190 Å². The van der Waals surface area contributed by atoms with Gasteiger partial charge in [-0.25, -0.2) is 13.4 Å². The lowest BCUT2D eigenvalue weighted by atomic mass is 10.2. The van der Waals surface area contributed by atoms with Crippen LogP contribution >= 0.6 is 22.9 Å². The maximum absolute atomic E-state index is 12.5. The summed E-state index contributed by atoms with van der Waals surface area (Å²) in [6.07, 6.45) is 0. The van der Waals surface area contributed by atoms with Crippen LogP contribution in [0.25, 0.3) is 0 Å². The lowest BCUT2D eigenvalue weighted by Gasteiger charge is -2.14. The molecule has 1 aromatic heterocycles. The summed E-state index contributed by atoms with van der Waals surface area (Å²) in [5.74, 6) is -0.150. The molecule has 162 valence electrons. The van der Waals surface area contributed by atoms with E-state index in [0.717, 1.165) is 40.8 Å². The Morgan fingerprint density at radius 1 is 1.10 bits per heavy atom. The first-order chi connectivity index (χ1) is 14.8. The minimum Gasteiger partial charge on any atom is -0.346 e. The zero-order chi connectivity index (χ0) is 22.0. The van der Waals surface area contributed by atoms with Gasteiger partial charge in [-0.2, -0.15) is 0 Å².